The Labute approximate surface area is 313 Å². The molecule has 0 saturated carbocycles. The van der Waals surface area contributed by atoms with Crippen molar-refractivity contribution in [2.45, 2.75) is 52.7 Å². The number of rotatable bonds is 16. The van der Waals surface area contributed by atoms with E-state index in [4.69, 9.17) is 10.6 Å². The summed E-state index contributed by atoms with van der Waals surface area (Å²) in [5.74, 6) is 0. The van der Waals surface area contributed by atoms with Crippen LogP contribution < -0.4 is 31.1 Å². The van der Waals surface area contributed by atoms with Gasteiger partial charge in [0, 0.05) is 0 Å². The zero-order valence-electron chi connectivity index (χ0n) is 30.0. The number of hydrogen-bond donors (Lipinski definition) is 0. The Bertz CT molecular complexity index is 1560. The molecule has 51 heavy (non-hydrogen) atoms. The second kappa shape index (κ2) is 17.3. The van der Waals surface area contributed by atoms with Gasteiger partial charge in [0.05, 0.1) is 0 Å². The molecule has 0 heterocycles. The van der Waals surface area contributed by atoms with Crippen LogP contribution in [-0.2, 0) is 32.7 Å². The van der Waals surface area contributed by atoms with Gasteiger partial charge < -0.3 is 0 Å². The molecule has 0 aromatic heterocycles. The van der Waals surface area contributed by atoms with Gasteiger partial charge in [0.1, 0.15) is 0 Å². The number of benzene rings is 6. The molecule has 6 aromatic carbocycles. The monoisotopic (exact) mass is 786 g/mol. The average Bonchev–Trinajstić information content (AvgIpc) is 3.21. The summed E-state index contributed by atoms with van der Waals surface area (Å²) in [6, 6.07) is 64.0. The summed E-state index contributed by atoms with van der Waals surface area (Å²) < 4.78 is 31.2. The Morgan fingerprint density at radius 2 is 0.569 bits per heavy atom. The van der Waals surface area contributed by atoms with Gasteiger partial charge in [-0.1, -0.05) is 0 Å². The topological polar surface area (TPSA) is 36.9 Å². The fourth-order valence-electron chi connectivity index (χ4n) is 6.57. The first-order valence-corrected chi connectivity index (χ1v) is 25.9. The van der Waals surface area contributed by atoms with Gasteiger partial charge in [-0.25, -0.2) is 0 Å². The van der Waals surface area contributed by atoms with Gasteiger partial charge >= 0.3 is 315 Å². The molecular formula is C44H48O4Si2Zr. The van der Waals surface area contributed by atoms with E-state index in [2.05, 4.69) is 210 Å². The molecule has 0 N–H and O–H groups in total. The normalized spacial score (nSPS) is 13.4. The fraction of sp³-hybridized carbons (Fsp3) is 0.182. The van der Waals surface area contributed by atoms with Crippen LogP contribution in [-0.4, -0.2) is 28.8 Å². The van der Waals surface area contributed by atoms with E-state index < -0.39 is 38.7 Å². The predicted molar refractivity (Wildman–Crippen MR) is 212 cm³/mol. The maximum absolute atomic E-state index is 8.17. The van der Waals surface area contributed by atoms with Crippen molar-refractivity contribution in [1.82, 2.24) is 0 Å². The molecule has 260 valence electrons. The van der Waals surface area contributed by atoms with Gasteiger partial charge in [-0.3, -0.25) is 0 Å². The summed E-state index contributed by atoms with van der Waals surface area (Å²) in [5.41, 5.74) is 0. The van der Waals surface area contributed by atoms with Crippen LogP contribution >= 0.6 is 0 Å². The van der Waals surface area contributed by atoms with E-state index in [1.165, 1.54) is 0 Å². The molecule has 0 aliphatic rings. The minimum atomic E-state index is -5.37. The van der Waals surface area contributed by atoms with Crippen molar-refractivity contribution in [2.24, 2.45) is 0 Å². The van der Waals surface area contributed by atoms with Crippen molar-refractivity contribution in [3.8, 4) is 0 Å². The van der Waals surface area contributed by atoms with Crippen LogP contribution in [0.5, 0.6) is 0 Å². The third-order valence-electron chi connectivity index (χ3n) is 9.48. The van der Waals surface area contributed by atoms with Crippen molar-refractivity contribution < 1.29 is 32.7 Å². The first-order chi connectivity index (χ1) is 25.0. The van der Waals surface area contributed by atoms with E-state index in [1.807, 2.05) is 0 Å². The first-order valence-electron chi connectivity index (χ1n) is 18.0. The molecular weight excluding hydrogens is 740 g/mol. The van der Waals surface area contributed by atoms with Crippen LogP contribution in [0, 0.1) is 0 Å². The van der Waals surface area contributed by atoms with Gasteiger partial charge in [0.15, 0.2) is 0 Å². The van der Waals surface area contributed by atoms with Gasteiger partial charge in [-0.2, -0.15) is 0 Å². The molecule has 0 aliphatic carbocycles. The molecule has 0 saturated heterocycles. The third-order valence-corrected chi connectivity index (χ3v) is 29.1. The molecule has 6 aromatic rings. The van der Waals surface area contributed by atoms with E-state index in [0.717, 1.165) is 44.0 Å². The summed E-state index contributed by atoms with van der Waals surface area (Å²) in [4.78, 5) is 0. The molecule has 4 nitrogen and oxygen atoms in total. The van der Waals surface area contributed by atoms with Gasteiger partial charge in [-0.05, 0) is 0 Å². The van der Waals surface area contributed by atoms with Crippen molar-refractivity contribution in [2.75, 3.05) is 0 Å². The molecule has 0 radical (unpaired) electrons. The Morgan fingerprint density at radius 1 is 0.373 bits per heavy atom. The molecule has 6 rings (SSSR count). The third kappa shape index (κ3) is 8.11. The molecule has 0 aliphatic heterocycles. The van der Waals surface area contributed by atoms with Crippen LogP contribution in [0.2, 0.25) is 0 Å². The fourth-order valence-corrected chi connectivity index (χ4v) is 30.8. The first kappa shape index (κ1) is 37.2. The van der Waals surface area contributed by atoms with Gasteiger partial charge in [0.2, 0.25) is 0 Å². The summed E-state index contributed by atoms with van der Waals surface area (Å²) in [6.07, 6.45) is 1.21. The van der Waals surface area contributed by atoms with Crippen molar-refractivity contribution in [3.05, 3.63) is 182 Å². The van der Waals surface area contributed by atoms with Crippen LogP contribution in [0.25, 0.3) is 0 Å². The summed E-state index contributed by atoms with van der Waals surface area (Å²) in [5, 5.41) is 6.66. The molecule has 7 heteroatoms. The van der Waals surface area contributed by atoms with Crippen molar-refractivity contribution in [3.63, 3.8) is 0 Å². The maximum atomic E-state index is 8.17. The Morgan fingerprint density at radius 3 is 0.745 bits per heavy atom. The van der Waals surface area contributed by atoms with Crippen molar-refractivity contribution in [1.29, 1.82) is 0 Å². The van der Waals surface area contributed by atoms with Crippen molar-refractivity contribution >= 4 is 47.8 Å². The summed E-state index contributed by atoms with van der Waals surface area (Å²) >= 11 is -5.37. The van der Waals surface area contributed by atoms with Crippen LogP contribution in [0.3, 0.4) is 0 Å². The predicted octanol–water partition coefficient (Wildman–Crippen LogP) is 6.80. The van der Waals surface area contributed by atoms with E-state index >= 15 is 0 Å². The minimum absolute atomic E-state index is 0.173. The second-order valence-electron chi connectivity index (χ2n) is 12.9. The van der Waals surface area contributed by atoms with Gasteiger partial charge in [0.25, 0.3) is 0 Å². The summed E-state index contributed by atoms with van der Waals surface area (Å²) in [6.45, 7) is 8.53. The van der Waals surface area contributed by atoms with E-state index in [1.54, 1.807) is 0 Å². The standard InChI is InChI=1S/2C18H15OSi.2C4H9O.Zr/c2*19-20(16-10-4-1-5-11-16,17-12-6-2-7-13-17)18-14-8-3-9-15-18;2*1-3-4(2)5;/h2*1-15H;2*4H,3H2,1-2H3;/q4*-1;+4. The SMILES string of the molecule is CCC(C)[O][Zr]([O]C(C)CC)([O][Si](c1ccccc1)(c1ccccc1)c1ccccc1)[O][Si](c1ccccc1)(c1ccccc1)c1ccccc1. The molecule has 0 spiro atoms. The van der Waals surface area contributed by atoms with E-state index in [0.29, 0.717) is 0 Å². The zero-order chi connectivity index (χ0) is 35.6. The molecule has 2 atom stereocenters. The Kier molecular flexibility index (Phi) is 12.7. The van der Waals surface area contributed by atoms with Crippen LogP contribution in [0.4, 0.5) is 0 Å². The molecule has 2 unspecified atom stereocenters. The van der Waals surface area contributed by atoms with Crippen LogP contribution in [0.1, 0.15) is 40.5 Å². The Hall–Kier alpha value is -3.52. The molecule has 0 bridgehead atoms. The number of hydrogen-bond acceptors (Lipinski definition) is 4. The molecule has 0 amide bonds. The quantitative estimate of drug-likeness (QED) is 0.0800. The average molecular weight is 788 g/mol. The second-order valence-corrected chi connectivity index (χ2v) is 26.2. The summed E-state index contributed by atoms with van der Waals surface area (Å²) in [7, 11) is -6.76. The van der Waals surface area contributed by atoms with Gasteiger partial charge in [-0.15, -0.1) is 0 Å². The zero-order valence-corrected chi connectivity index (χ0v) is 34.5. The van der Waals surface area contributed by atoms with E-state index in [-0.39, 0.29) is 12.2 Å². The Balaban J connectivity index is 1.72. The van der Waals surface area contributed by atoms with E-state index in [9.17, 15) is 0 Å². The molecule has 0 fully saturated rings. The van der Waals surface area contributed by atoms with Crippen LogP contribution in [0.15, 0.2) is 182 Å².